The number of anilines is 1. The Kier molecular flexibility index (Phi) is 5.44. The van der Waals surface area contributed by atoms with E-state index in [1.807, 2.05) is 6.07 Å². The lowest BCUT2D eigenvalue weighted by molar-refractivity contribution is 0.282. The molecule has 2 aromatic carbocycles. The van der Waals surface area contributed by atoms with E-state index in [4.69, 9.17) is 26.7 Å². The van der Waals surface area contributed by atoms with Gasteiger partial charge in [-0.25, -0.2) is 0 Å². The van der Waals surface area contributed by atoms with Crippen LogP contribution >= 0.6 is 11.6 Å². The third-order valence-electron chi connectivity index (χ3n) is 2.88. The van der Waals surface area contributed by atoms with Crippen LogP contribution in [0.1, 0.15) is 11.1 Å². The van der Waals surface area contributed by atoms with Gasteiger partial charge in [0.05, 0.1) is 28.9 Å². The number of nitriles is 1. The zero-order valence-corrected chi connectivity index (χ0v) is 12.1. The van der Waals surface area contributed by atoms with Gasteiger partial charge in [0, 0.05) is 6.54 Å². The van der Waals surface area contributed by atoms with Gasteiger partial charge in [-0.2, -0.15) is 5.26 Å². The molecule has 0 atom stereocenters. The molecule has 0 aliphatic carbocycles. The summed E-state index contributed by atoms with van der Waals surface area (Å²) in [7, 11) is 0. The normalized spacial score (nSPS) is 9.95. The smallest absolute Gasteiger partial charge is 0.119 e. The molecule has 0 saturated carbocycles. The van der Waals surface area contributed by atoms with E-state index in [2.05, 4.69) is 11.4 Å². The Morgan fingerprint density at radius 3 is 2.62 bits per heavy atom. The van der Waals surface area contributed by atoms with Crippen LogP contribution in [0.15, 0.2) is 42.5 Å². The van der Waals surface area contributed by atoms with Crippen molar-refractivity contribution < 1.29 is 9.84 Å². The number of benzene rings is 2. The summed E-state index contributed by atoms with van der Waals surface area (Å²) in [5.74, 6) is 0.714. The third kappa shape index (κ3) is 4.38. The number of nitrogens with zero attached hydrogens (tertiary/aromatic N) is 1. The van der Waals surface area contributed by atoms with Crippen LogP contribution in [0.4, 0.5) is 5.69 Å². The van der Waals surface area contributed by atoms with Crippen LogP contribution in [-0.2, 0) is 6.61 Å². The molecule has 4 nitrogen and oxygen atoms in total. The minimum atomic E-state index is -0.0202. The second-order valence-corrected chi connectivity index (χ2v) is 4.79. The first-order valence-electron chi connectivity index (χ1n) is 6.49. The van der Waals surface area contributed by atoms with Crippen molar-refractivity contribution in [3.8, 4) is 11.8 Å². The molecular weight excluding hydrogens is 288 g/mol. The molecule has 0 unspecified atom stereocenters. The molecule has 0 fully saturated rings. The maximum Gasteiger partial charge on any atom is 0.119 e. The van der Waals surface area contributed by atoms with Crippen molar-refractivity contribution in [1.82, 2.24) is 0 Å². The molecular formula is C16H15ClN2O2. The summed E-state index contributed by atoms with van der Waals surface area (Å²) in [6.45, 7) is 1.02. The van der Waals surface area contributed by atoms with Crippen LogP contribution in [0, 0.1) is 11.3 Å². The van der Waals surface area contributed by atoms with Crippen LogP contribution < -0.4 is 10.1 Å². The maximum atomic E-state index is 9.10. The van der Waals surface area contributed by atoms with Gasteiger partial charge in [0.1, 0.15) is 12.4 Å². The number of hydrogen-bond acceptors (Lipinski definition) is 4. The molecule has 0 radical (unpaired) electrons. The number of rotatable bonds is 6. The van der Waals surface area contributed by atoms with E-state index in [-0.39, 0.29) is 6.61 Å². The van der Waals surface area contributed by atoms with E-state index in [0.29, 0.717) is 29.5 Å². The zero-order chi connectivity index (χ0) is 15.1. The lowest BCUT2D eigenvalue weighted by Gasteiger charge is -2.11. The SMILES string of the molecule is N#Cc1ccc(OCCNc2cc(CO)ccc2Cl)cc1. The first-order chi connectivity index (χ1) is 10.2. The number of aliphatic hydroxyl groups excluding tert-OH is 1. The molecule has 0 heterocycles. The van der Waals surface area contributed by atoms with Crippen LogP contribution in [0.5, 0.6) is 5.75 Å². The lowest BCUT2D eigenvalue weighted by Crippen LogP contribution is -2.12. The average Bonchev–Trinajstić information content (AvgIpc) is 2.53. The molecule has 0 amide bonds. The first-order valence-corrected chi connectivity index (χ1v) is 6.87. The van der Waals surface area contributed by atoms with E-state index in [1.54, 1.807) is 36.4 Å². The van der Waals surface area contributed by atoms with Gasteiger partial charge in [0.15, 0.2) is 0 Å². The van der Waals surface area contributed by atoms with Crippen molar-refractivity contribution in [2.75, 3.05) is 18.5 Å². The summed E-state index contributed by atoms with van der Waals surface area (Å²) in [4.78, 5) is 0. The molecule has 0 spiro atoms. The largest absolute Gasteiger partial charge is 0.492 e. The van der Waals surface area contributed by atoms with Crippen molar-refractivity contribution in [3.05, 3.63) is 58.6 Å². The highest BCUT2D eigenvalue weighted by Gasteiger charge is 2.01. The standard InChI is InChI=1S/C16H15ClN2O2/c17-15-6-3-13(11-20)9-16(15)19-7-8-21-14-4-1-12(10-18)2-5-14/h1-6,9,19-20H,7-8,11H2. The first kappa shape index (κ1) is 15.2. The fourth-order valence-electron chi connectivity index (χ4n) is 1.79. The molecule has 0 bridgehead atoms. The molecule has 0 aliphatic rings. The average molecular weight is 303 g/mol. The molecule has 0 saturated heterocycles. The Morgan fingerprint density at radius 1 is 1.19 bits per heavy atom. The second kappa shape index (κ2) is 7.53. The van der Waals surface area contributed by atoms with Crippen LogP contribution in [-0.4, -0.2) is 18.3 Å². The van der Waals surface area contributed by atoms with Gasteiger partial charge < -0.3 is 15.2 Å². The van der Waals surface area contributed by atoms with Crippen molar-refractivity contribution >= 4 is 17.3 Å². The van der Waals surface area contributed by atoms with E-state index < -0.39 is 0 Å². The Hall–Kier alpha value is -2.22. The molecule has 2 N–H and O–H groups in total. The molecule has 5 heteroatoms. The van der Waals surface area contributed by atoms with Gasteiger partial charge in [-0.3, -0.25) is 0 Å². The highest BCUT2D eigenvalue weighted by molar-refractivity contribution is 6.33. The molecule has 21 heavy (non-hydrogen) atoms. The number of nitrogens with one attached hydrogen (secondary N) is 1. The number of aliphatic hydroxyl groups is 1. The van der Waals surface area contributed by atoms with E-state index in [1.165, 1.54) is 0 Å². The second-order valence-electron chi connectivity index (χ2n) is 4.38. The van der Waals surface area contributed by atoms with Crippen molar-refractivity contribution in [2.24, 2.45) is 0 Å². The van der Waals surface area contributed by atoms with Crippen LogP contribution in [0.3, 0.4) is 0 Å². The van der Waals surface area contributed by atoms with Gasteiger partial charge in [0.25, 0.3) is 0 Å². The summed E-state index contributed by atoms with van der Waals surface area (Å²) in [6.07, 6.45) is 0. The van der Waals surface area contributed by atoms with Gasteiger partial charge in [-0.05, 0) is 42.0 Å². The Morgan fingerprint density at radius 2 is 1.95 bits per heavy atom. The highest BCUT2D eigenvalue weighted by atomic mass is 35.5. The summed E-state index contributed by atoms with van der Waals surface area (Å²) in [5, 5.41) is 21.6. The zero-order valence-electron chi connectivity index (χ0n) is 11.3. The topological polar surface area (TPSA) is 65.3 Å². The predicted octanol–water partition coefficient (Wildman–Crippen LogP) is 3.19. The van der Waals surface area contributed by atoms with Crippen molar-refractivity contribution in [2.45, 2.75) is 6.61 Å². The van der Waals surface area contributed by atoms with Gasteiger partial charge in [-0.15, -0.1) is 0 Å². The monoisotopic (exact) mass is 302 g/mol. The van der Waals surface area contributed by atoms with Crippen LogP contribution in [0.25, 0.3) is 0 Å². The fourth-order valence-corrected chi connectivity index (χ4v) is 1.97. The third-order valence-corrected chi connectivity index (χ3v) is 3.21. The van der Waals surface area contributed by atoms with Gasteiger partial charge >= 0.3 is 0 Å². The van der Waals surface area contributed by atoms with Gasteiger partial charge in [-0.1, -0.05) is 17.7 Å². The summed E-state index contributed by atoms with van der Waals surface area (Å²) < 4.78 is 5.56. The Balaban J connectivity index is 1.83. The quantitative estimate of drug-likeness (QED) is 0.804. The summed E-state index contributed by atoms with van der Waals surface area (Å²) in [5.41, 5.74) is 2.18. The Labute approximate surface area is 128 Å². The number of ether oxygens (including phenoxy) is 1. The highest BCUT2D eigenvalue weighted by Crippen LogP contribution is 2.22. The number of hydrogen-bond donors (Lipinski definition) is 2. The summed E-state index contributed by atoms with van der Waals surface area (Å²) in [6, 6.07) is 14.3. The van der Waals surface area contributed by atoms with E-state index in [0.717, 1.165) is 11.3 Å². The molecule has 108 valence electrons. The Bertz CT molecular complexity index is 636. The fraction of sp³-hybridized carbons (Fsp3) is 0.188. The molecule has 0 aromatic heterocycles. The van der Waals surface area contributed by atoms with Crippen molar-refractivity contribution in [3.63, 3.8) is 0 Å². The van der Waals surface area contributed by atoms with E-state index in [9.17, 15) is 0 Å². The number of halogens is 1. The minimum Gasteiger partial charge on any atom is -0.492 e. The molecule has 2 aromatic rings. The van der Waals surface area contributed by atoms with Crippen LogP contribution in [0.2, 0.25) is 5.02 Å². The van der Waals surface area contributed by atoms with E-state index >= 15 is 0 Å². The molecule has 0 aliphatic heterocycles. The predicted molar refractivity (Wildman–Crippen MR) is 82.5 cm³/mol. The van der Waals surface area contributed by atoms with Gasteiger partial charge in [0.2, 0.25) is 0 Å². The lowest BCUT2D eigenvalue weighted by atomic mass is 10.2. The summed E-state index contributed by atoms with van der Waals surface area (Å²) >= 11 is 6.07. The minimum absolute atomic E-state index is 0.0202. The maximum absolute atomic E-state index is 9.10. The molecule has 2 rings (SSSR count). The van der Waals surface area contributed by atoms with Crippen molar-refractivity contribution in [1.29, 1.82) is 5.26 Å².